The van der Waals surface area contributed by atoms with E-state index in [0.29, 0.717) is 11.4 Å². The van der Waals surface area contributed by atoms with Crippen molar-refractivity contribution in [2.45, 2.75) is 5.09 Å². The monoisotopic (exact) mass is 320 g/mol. The number of sulfonamides is 1. The van der Waals surface area contributed by atoms with Gasteiger partial charge in [-0.05, 0) is 12.1 Å². The number of hydrogen-bond acceptors (Lipinski definition) is 7. The molecule has 0 saturated carbocycles. The average Bonchev–Trinajstić information content (AvgIpc) is 3.17. The molecule has 3 aromatic heterocycles. The van der Waals surface area contributed by atoms with Crippen LogP contribution in [-0.4, -0.2) is 41.9 Å². The molecule has 0 N–H and O–H groups in total. The molecule has 0 atom stereocenters. The second-order valence-electron chi connectivity index (χ2n) is 4.60. The minimum atomic E-state index is -3.64. The van der Waals surface area contributed by atoms with E-state index in [1.165, 1.54) is 26.4 Å². The Kier molecular flexibility index (Phi) is 3.51. The number of hydrogen-bond donors (Lipinski definition) is 0. The molecule has 0 unspecified atom stereocenters. The lowest BCUT2D eigenvalue weighted by molar-refractivity contribution is 0.422. The number of nitrogens with zero attached hydrogens (tertiary/aromatic N) is 4. The van der Waals surface area contributed by atoms with Gasteiger partial charge in [-0.25, -0.2) is 12.7 Å². The van der Waals surface area contributed by atoms with E-state index < -0.39 is 10.0 Å². The third kappa shape index (κ3) is 2.51. The quantitative estimate of drug-likeness (QED) is 0.720. The van der Waals surface area contributed by atoms with Gasteiger partial charge in [-0.3, -0.25) is 4.98 Å². The molecule has 0 aliphatic rings. The van der Waals surface area contributed by atoms with Gasteiger partial charge >= 0.3 is 0 Å². The van der Waals surface area contributed by atoms with Gasteiger partial charge in [0.25, 0.3) is 15.9 Å². The van der Waals surface area contributed by atoms with Gasteiger partial charge in [0.05, 0.1) is 5.56 Å². The number of furan rings is 1. The van der Waals surface area contributed by atoms with Crippen molar-refractivity contribution in [1.82, 2.24) is 19.4 Å². The molecule has 0 saturated heterocycles. The van der Waals surface area contributed by atoms with Crippen LogP contribution < -0.4 is 0 Å². The molecule has 0 aromatic carbocycles. The normalized spacial score (nSPS) is 12.0. The van der Waals surface area contributed by atoms with Crippen LogP contribution in [0, 0.1) is 0 Å². The van der Waals surface area contributed by atoms with Gasteiger partial charge in [-0.2, -0.15) is 4.98 Å². The second kappa shape index (κ2) is 5.35. The van der Waals surface area contributed by atoms with Crippen LogP contribution in [0.25, 0.3) is 22.8 Å². The van der Waals surface area contributed by atoms with Crippen LogP contribution in [0.15, 0.2) is 50.9 Å². The molecule has 0 amide bonds. The smallest absolute Gasteiger partial charge is 0.275 e. The largest absolute Gasteiger partial charge is 0.451 e. The molecule has 9 heteroatoms. The molecule has 0 bridgehead atoms. The van der Waals surface area contributed by atoms with Crippen molar-refractivity contribution in [2.24, 2.45) is 0 Å². The Balaban J connectivity index is 1.94. The highest BCUT2D eigenvalue weighted by atomic mass is 32.2. The first-order valence-corrected chi connectivity index (χ1v) is 7.68. The third-order valence-electron chi connectivity index (χ3n) is 2.92. The standard InChI is InChI=1S/C13H12N4O4S/c1-17(2)22(18,19)11-7-10(8-20-11)13-15-12(16-21-13)9-3-5-14-6-4-9/h3-8H,1-2H3. The Hall–Kier alpha value is -2.52. The SMILES string of the molecule is CN(C)S(=O)(=O)c1cc(-c2nc(-c3ccncc3)no2)co1. The molecule has 3 aromatic rings. The van der Waals surface area contributed by atoms with Crippen molar-refractivity contribution in [2.75, 3.05) is 14.1 Å². The predicted octanol–water partition coefficient (Wildman–Crippen LogP) is 1.64. The second-order valence-corrected chi connectivity index (χ2v) is 6.68. The van der Waals surface area contributed by atoms with Gasteiger partial charge in [0.1, 0.15) is 6.26 Å². The van der Waals surface area contributed by atoms with Gasteiger partial charge in [-0.1, -0.05) is 5.16 Å². The van der Waals surface area contributed by atoms with Crippen molar-refractivity contribution in [3.8, 4) is 22.8 Å². The van der Waals surface area contributed by atoms with Crippen molar-refractivity contribution in [3.63, 3.8) is 0 Å². The summed E-state index contributed by atoms with van der Waals surface area (Å²) in [6, 6.07) is 4.83. The van der Waals surface area contributed by atoms with Crippen LogP contribution in [0.5, 0.6) is 0 Å². The summed E-state index contributed by atoms with van der Waals surface area (Å²) < 4.78 is 35.2. The van der Waals surface area contributed by atoms with Crippen molar-refractivity contribution in [1.29, 1.82) is 0 Å². The maximum absolute atomic E-state index is 12.0. The summed E-state index contributed by atoms with van der Waals surface area (Å²) in [7, 11) is -0.796. The van der Waals surface area contributed by atoms with Crippen LogP contribution in [0.4, 0.5) is 0 Å². The fourth-order valence-electron chi connectivity index (χ4n) is 1.70. The third-order valence-corrected chi connectivity index (χ3v) is 4.61. The van der Waals surface area contributed by atoms with Crippen LogP contribution >= 0.6 is 0 Å². The van der Waals surface area contributed by atoms with E-state index >= 15 is 0 Å². The summed E-state index contributed by atoms with van der Waals surface area (Å²) in [5, 5.41) is 3.67. The summed E-state index contributed by atoms with van der Waals surface area (Å²) in [6.45, 7) is 0. The summed E-state index contributed by atoms with van der Waals surface area (Å²) in [6.07, 6.45) is 4.50. The first-order chi connectivity index (χ1) is 10.5. The van der Waals surface area contributed by atoms with Gasteiger partial charge < -0.3 is 8.94 Å². The minimum Gasteiger partial charge on any atom is -0.451 e. The molecule has 0 spiro atoms. The summed E-state index contributed by atoms with van der Waals surface area (Å²) in [5.41, 5.74) is 1.14. The Labute approximate surface area is 126 Å². The highest BCUT2D eigenvalue weighted by molar-refractivity contribution is 7.88. The topological polar surface area (TPSA) is 102 Å². The molecule has 0 aliphatic heterocycles. The lowest BCUT2D eigenvalue weighted by Crippen LogP contribution is -2.21. The van der Waals surface area contributed by atoms with E-state index in [9.17, 15) is 8.42 Å². The predicted molar refractivity (Wildman–Crippen MR) is 76.1 cm³/mol. The molecule has 8 nitrogen and oxygen atoms in total. The molecule has 22 heavy (non-hydrogen) atoms. The van der Waals surface area contributed by atoms with Crippen LogP contribution in [0.2, 0.25) is 0 Å². The van der Waals surface area contributed by atoms with E-state index in [4.69, 9.17) is 8.94 Å². The fraction of sp³-hybridized carbons (Fsp3) is 0.154. The number of rotatable bonds is 4. The Bertz CT molecular complexity index is 884. The molecule has 3 heterocycles. The van der Waals surface area contributed by atoms with Gasteiger partial charge in [-0.15, -0.1) is 0 Å². The molecule has 3 rings (SSSR count). The lowest BCUT2D eigenvalue weighted by Gasteiger charge is -2.06. The zero-order valence-corrected chi connectivity index (χ0v) is 12.6. The van der Waals surface area contributed by atoms with E-state index in [2.05, 4.69) is 15.1 Å². The first-order valence-electron chi connectivity index (χ1n) is 6.24. The zero-order chi connectivity index (χ0) is 15.7. The van der Waals surface area contributed by atoms with Crippen molar-refractivity contribution >= 4 is 10.0 Å². The zero-order valence-electron chi connectivity index (χ0n) is 11.8. The molecule has 0 aliphatic carbocycles. The number of pyridine rings is 1. The summed E-state index contributed by atoms with van der Waals surface area (Å²) in [4.78, 5) is 8.13. The molecule has 0 fully saturated rings. The van der Waals surface area contributed by atoms with Crippen molar-refractivity contribution in [3.05, 3.63) is 36.9 Å². The maximum Gasteiger partial charge on any atom is 0.275 e. The Morgan fingerprint density at radius 2 is 1.86 bits per heavy atom. The molecule has 114 valence electrons. The Morgan fingerprint density at radius 1 is 1.14 bits per heavy atom. The lowest BCUT2D eigenvalue weighted by atomic mass is 10.2. The van der Waals surface area contributed by atoms with Crippen LogP contribution in [0.3, 0.4) is 0 Å². The Morgan fingerprint density at radius 3 is 2.55 bits per heavy atom. The summed E-state index contributed by atoms with van der Waals surface area (Å²) >= 11 is 0. The summed E-state index contributed by atoms with van der Waals surface area (Å²) in [5.74, 6) is 0.561. The van der Waals surface area contributed by atoms with Gasteiger partial charge in [0, 0.05) is 38.1 Å². The van der Waals surface area contributed by atoms with Gasteiger partial charge in [0.15, 0.2) is 0 Å². The number of aromatic nitrogens is 3. The van der Waals surface area contributed by atoms with Gasteiger partial charge in [0.2, 0.25) is 10.9 Å². The average molecular weight is 320 g/mol. The van der Waals surface area contributed by atoms with Crippen molar-refractivity contribution < 1.29 is 17.4 Å². The fourth-order valence-corrected chi connectivity index (χ4v) is 2.51. The highest BCUT2D eigenvalue weighted by Gasteiger charge is 2.23. The van der Waals surface area contributed by atoms with Crippen LogP contribution in [-0.2, 0) is 10.0 Å². The van der Waals surface area contributed by atoms with E-state index in [-0.39, 0.29) is 11.0 Å². The molecule has 0 radical (unpaired) electrons. The first kappa shape index (κ1) is 14.4. The minimum absolute atomic E-state index is 0.177. The molecular formula is C13H12N4O4S. The van der Waals surface area contributed by atoms with E-state index in [1.807, 2.05) is 0 Å². The molecular weight excluding hydrogens is 308 g/mol. The highest BCUT2D eigenvalue weighted by Crippen LogP contribution is 2.26. The van der Waals surface area contributed by atoms with E-state index in [1.54, 1.807) is 24.5 Å². The van der Waals surface area contributed by atoms with E-state index in [0.717, 1.165) is 9.87 Å². The van der Waals surface area contributed by atoms with Crippen LogP contribution in [0.1, 0.15) is 0 Å². The maximum atomic E-state index is 12.0.